The summed E-state index contributed by atoms with van der Waals surface area (Å²) in [6.07, 6.45) is 0. The van der Waals surface area contributed by atoms with Crippen molar-refractivity contribution in [3.05, 3.63) is 17.5 Å². The highest BCUT2D eigenvalue weighted by atomic mass is 32.2. The molecule has 3 N–H and O–H groups in total. The van der Waals surface area contributed by atoms with Crippen LogP contribution in [0.5, 0.6) is 0 Å². The van der Waals surface area contributed by atoms with Crippen molar-refractivity contribution in [1.29, 1.82) is 0 Å². The summed E-state index contributed by atoms with van der Waals surface area (Å²) in [5, 5.41) is 5.06. The molecule has 0 saturated carbocycles. The number of rotatable bonds is 3. The maximum atomic E-state index is 11.3. The Morgan fingerprint density at radius 1 is 1.60 bits per heavy atom. The standard InChI is InChI=1S/C8H11N3OS3/c1-9-8(13)11-10-6(12)5-15-7-3-2-4-14-7/h2-4H,5H2,1H3,(H,10,12)(H2,9,11,13). The second kappa shape index (κ2) is 6.65. The van der Waals surface area contributed by atoms with Crippen LogP contribution in [0.15, 0.2) is 21.7 Å². The molecule has 0 unspecified atom stereocenters. The third kappa shape index (κ3) is 5.01. The van der Waals surface area contributed by atoms with Gasteiger partial charge in [-0.25, -0.2) is 0 Å². The number of carbonyl (C=O) groups is 1. The Balaban J connectivity index is 2.16. The first-order valence-corrected chi connectivity index (χ1v) is 6.42. The van der Waals surface area contributed by atoms with E-state index in [-0.39, 0.29) is 5.91 Å². The van der Waals surface area contributed by atoms with Crippen molar-refractivity contribution in [3.63, 3.8) is 0 Å². The molecule has 0 fully saturated rings. The monoisotopic (exact) mass is 261 g/mol. The zero-order chi connectivity index (χ0) is 11.1. The molecule has 0 saturated heterocycles. The minimum absolute atomic E-state index is 0.106. The molecule has 0 aliphatic carbocycles. The van der Waals surface area contributed by atoms with E-state index in [4.69, 9.17) is 12.2 Å². The molecule has 1 rings (SSSR count). The van der Waals surface area contributed by atoms with Crippen molar-refractivity contribution in [3.8, 4) is 0 Å². The van der Waals surface area contributed by atoms with Crippen molar-refractivity contribution in [2.45, 2.75) is 4.21 Å². The van der Waals surface area contributed by atoms with Gasteiger partial charge in [-0.1, -0.05) is 6.07 Å². The highest BCUT2D eigenvalue weighted by molar-refractivity contribution is 8.01. The fourth-order valence-corrected chi connectivity index (χ4v) is 2.34. The minimum Gasteiger partial charge on any atom is -0.364 e. The van der Waals surface area contributed by atoms with Gasteiger partial charge in [-0.05, 0) is 23.7 Å². The molecular weight excluding hydrogens is 250 g/mol. The number of hydrogen-bond donors (Lipinski definition) is 3. The van der Waals surface area contributed by atoms with Gasteiger partial charge in [0.15, 0.2) is 5.11 Å². The van der Waals surface area contributed by atoms with Crippen molar-refractivity contribution >= 4 is 46.3 Å². The molecule has 1 aromatic rings. The quantitative estimate of drug-likeness (QED) is 0.430. The summed E-state index contributed by atoms with van der Waals surface area (Å²) >= 11 is 7.91. The number of thiophene rings is 1. The Bertz CT molecular complexity index is 326. The van der Waals surface area contributed by atoms with E-state index in [2.05, 4.69) is 16.2 Å². The first-order valence-electron chi connectivity index (χ1n) is 4.15. The average molecular weight is 261 g/mol. The molecule has 0 spiro atoms. The molecule has 1 aromatic heterocycles. The highest BCUT2D eigenvalue weighted by Crippen LogP contribution is 2.22. The van der Waals surface area contributed by atoms with Crippen molar-refractivity contribution in [2.75, 3.05) is 12.8 Å². The fourth-order valence-electron chi connectivity index (χ4n) is 0.707. The Labute approximate surface area is 102 Å². The van der Waals surface area contributed by atoms with Gasteiger partial charge >= 0.3 is 0 Å². The topological polar surface area (TPSA) is 53.2 Å². The second-order valence-corrected chi connectivity index (χ2v) is 5.10. The molecule has 0 bridgehead atoms. The molecule has 0 radical (unpaired) electrons. The van der Waals surface area contributed by atoms with Crippen molar-refractivity contribution in [2.24, 2.45) is 0 Å². The van der Waals surface area contributed by atoms with E-state index in [1.165, 1.54) is 11.8 Å². The molecular formula is C8H11N3OS3. The van der Waals surface area contributed by atoms with Crippen LogP contribution >= 0.6 is 35.3 Å². The predicted octanol–water partition coefficient (Wildman–Crippen LogP) is 0.965. The van der Waals surface area contributed by atoms with E-state index in [0.29, 0.717) is 10.9 Å². The lowest BCUT2D eigenvalue weighted by atomic mass is 10.7. The van der Waals surface area contributed by atoms with E-state index < -0.39 is 0 Å². The SMILES string of the molecule is CNC(=S)NNC(=O)CSc1cccs1. The summed E-state index contributed by atoms with van der Waals surface area (Å²) in [4.78, 5) is 11.3. The molecule has 7 heteroatoms. The van der Waals surface area contributed by atoms with Crippen molar-refractivity contribution in [1.82, 2.24) is 16.2 Å². The summed E-state index contributed by atoms with van der Waals surface area (Å²) in [7, 11) is 1.68. The zero-order valence-electron chi connectivity index (χ0n) is 8.07. The Kier molecular flexibility index (Phi) is 5.44. The maximum Gasteiger partial charge on any atom is 0.248 e. The normalized spacial score (nSPS) is 9.40. The van der Waals surface area contributed by atoms with Gasteiger partial charge in [0, 0.05) is 7.05 Å². The van der Waals surface area contributed by atoms with Gasteiger partial charge in [0.2, 0.25) is 5.91 Å². The van der Waals surface area contributed by atoms with E-state index in [0.717, 1.165) is 4.21 Å². The number of carbonyl (C=O) groups excluding carboxylic acids is 1. The van der Waals surface area contributed by atoms with Gasteiger partial charge in [-0.15, -0.1) is 23.1 Å². The Morgan fingerprint density at radius 2 is 2.40 bits per heavy atom. The molecule has 0 atom stereocenters. The Morgan fingerprint density at radius 3 is 3.00 bits per heavy atom. The number of amides is 1. The molecule has 0 aliphatic heterocycles. The van der Waals surface area contributed by atoms with Crippen LogP contribution in [0, 0.1) is 0 Å². The first kappa shape index (κ1) is 12.3. The number of thioether (sulfide) groups is 1. The third-order valence-corrected chi connectivity index (χ3v) is 3.82. The molecule has 0 aromatic carbocycles. The maximum absolute atomic E-state index is 11.3. The summed E-state index contributed by atoms with van der Waals surface area (Å²) in [5.41, 5.74) is 5.06. The number of hydrogen-bond acceptors (Lipinski definition) is 4. The van der Waals surface area contributed by atoms with Crippen LogP contribution < -0.4 is 16.2 Å². The molecule has 1 amide bonds. The van der Waals surface area contributed by atoms with Gasteiger partial charge < -0.3 is 5.32 Å². The lowest BCUT2D eigenvalue weighted by Gasteiger charge is -2.07. The second-order valence-electron chi connectivity index (χ2n) is 2.47. The minimum atomic E-state index is -0.106. The summed E-state index contributed by atoms with van der Waals surface area (Å²) in [5.74, 6) is 0.269. The van der Waals surface area contributed by atoms with Gasteiger partial charge in [-0.2, -0.15) is 0 Å². The van der Waals surface area contributed by atoms with E-state index in [1.54, 1.807) is 18.4 Å². The lowest BCUT2D eigenvalue weighted by molar-refractivity contribution is -0.119. The molecule has 4 nitrogen and oxygen atoms in total. The van der Waals surface area contributed by atoms with Crippen LogP contribution in [0.25, 0.3) is 0 Å². The van der Waals surface area contributed by atoms with E-state index in [9.17, 15) is 4.79 Å². The van der Waals surface area contributed by atoms with Gasteiger partial charge in [0.05, 0.1) is 9.96 Å². The molecule has 1 heterocycles. The van der Waals surface area contributed by atoms with E-state index in [1.807, 2.05) is 17.5 Å². The van der Waals surface area contributed by atoms with E-state index >= 15 is 0 Å². The predicted molar refractivity (Wildman–Crippen MR) is 68.0 cm³/mol. The van der Waals surface area contributed by atoms with Gasteiger partial charge in [0.25, 0.3) is 0 Å². The molecule has 0 aliphatic rings. The lowest BCUT2D eigenvalue weighted by Crippen LogP contribution is -2.46. The summed E-state index contributed by atoms with van der Waals surface area (Å²) < 4.78 is 1.13. The van der Waals surface area contributed by atoms with Crippen LogP contribution in [-0.4, -0.2) is 23.8 Å². The van der Waals surface area contributed by atoms with Crippen LogP contribution in [0.3, 0.4) is 0 Å². The van der Waals surface area contributed by atoms with Crippen molar-refractivity contribution < 1.29 is 4.79 Å². The summed E-state index contributed by atoms with van der Waals surface area (Å²) in [6.45, 7) is 0. The van der Waals surface area contributed by atoms with Gasteiger partial charge in [-0.3, -0.25) is 15.6 Å². The summed E-state index contributed by atoms with van der Waals surface area (Å²) in [6, 6.07) is 3.94. The Hall–Kier alpha value is -0.790. The smallest absolute Gasteiger partial charge is 0.248 e. The van der Waals surface area contributed by atoms with Crippen LogP contribution in [0.4, 0.5) is 0 Å². The van der Waals surface area contributed by atoms with Crippen LogP contribution in [0.2, 0.25) is 0 Å². The molecule has 82 valence electrons. The first-order chi connectivity index (χ1) is 7.22. The average Bonchev–Trinajstić information content (AvgIpc) is 2.75. The zero-order valence-corrected chi connectivity index (χ0v) is 10.5. The number of nitrogens with one attached hydrogen (secondary N) is 3. The highest BCUT2D eigenvalue weighted by Gasteiger charge is 2.02. The third-order valence-electron chi connectivity index (χ3n) is 1.38. The van der Waals surface area contributed by atoms with Gasteiger partial charge in [0.1, 0.15) is 0 Å². The molecule has 15 heavy (non-hydrogen) atoms. The number of hydrazine groups is 1. The van der Waals surface area contributed by atoms with Crippen LogP contribution in [0.1, 0.15) is 0 Å². The number of thiocarbonyl (C=S) groups is 1. The fraction of sp³-hybridized carbons (Fsp3) is 0.250. The van der Waals surface area contributed by atoms with Crippen LogP contribution in [-0.2, 0) is 4.79 Å². The largest absolute Gasteiger partial charge is 0.364 e.